The van der Waals surface area contributed by atoms with E-state index in [9.17, 15) is 0 Å². The fourth-order valence-electron chi connectivity index (χ4n) is 1.41. The number of rotatable bonds is 4. The molecule has 0 amide bonds. The second-order valence-corrected chi connectivity index (χ2v) is 9.63. The molecular weight excluding hydrogens is 204 g/mol. The second-order valence-electron chi connectivity index (χ2n) is 4.55. The maximum atomic E-state index is 5.56. The standard InChI is InChI=1S/C12H20O2Si/c1-6-14-12-9-10(15(3,4)5)7-8-11(12)13-2/h7-9H,6H2,1-5H3. The Hall–Kier alpha value is -0.963. The Morgan fingerprint density at radius 2 is 1.80 bits per heavy atom. The molecule has 0 aliphatic carbocycles. The van der Waals surface area contributed by atoms with Gasteiger partial charge in [-0.15, -0.1) is 0 Å². The van der Waals surface area contributed by atoms with Crippen molar-refractivity contribution in [3.63, 3.8) is 0 Å². The molecule has 0 spiro atoms. The minimum atomic E-state index is -1.26. The molecule has 1 rings (SSSR count). The lowest BCUT2D eigenvalue weighted by atomic mass is 10.3. The Morgan fingerprint density at radius 1 is 1.13 bits per heavy atom. The van der Waals surface area contributed by atoms with E-state index in [0.717, 1.165) is 11.5 Å². The lowest BCUT2D eigenvalue weighted by Gasteiger charge is -2.19. The average molecular weight is 224 g/mol. The van der Waals surface area contributed by atoms with E-state index in [0.29, 0.717) is 6.61 Å². The van der Waals surface area contributed by atoms with Gasteiger partial charge in [0.15, 0.2) is 11.5 Å². The van der Waals surface area contributed by atoms with Gasteiger partial charge < -0.3 is 9.47 Å². The van der Waals surface area contributed by atoms with Crippen molar-refractivity contribution >= 4 is 13.3 Å². The maximum Gasteiger partial charge on any atom is 0.161 e. The Labute approximate surface area is 93.2 Å². The first-order valence-electron chi connectivity index (χ1n) is 5.30. The largest absolute Gasteiger partial charge is 0.493 e. The van der Waals surface area contributed by atoms with Gasteiger partial charge in [0.2, 0.25) is 0 Å². The molecule has 1 aromatic rings. The van der Waals surface area contributed by atoms with E-state index in [1.807, 2.05) is 13.0 Å². The van der Waals surface area contributed by atoms with Crippen molar-refractivity contribution in [3.8, 4) is 11.5 Å². The van der Waals surface area contributed by atoms with Crippen LogP contribution in [-0.2, 0) is 0 Å². The second kappa shape index (κ2) is 4.70. The highest BCUT2D eigenvalue weighted by atomic mass is 28.3. The summed E-state index contributed by atoms with van der Waals surface area (Å²) in [6, 6.07) is 6.26. The highest BCUT2D eigenvalue weighted by molar-refractivity contribution is 6.88. The van der Waals surface area contributed by atoms with E-state index < -0.39 is 8.07 Å². The summed E-state index contributed by atoms with van der Waals surface area (Å²) in [6.07, 6.45) is 0. The van der Waals surface area contributed by atoms with Gasteiger partial charge >= 0.3 is 0 Å². The summed E-state index contributed by atoms with van der Waals surface area (Å²) in [5.41, 5.74) is 0. The van der Waals surface area contributed by atoms with E-state index in [2.05, 4.69) is 31.8 Å². The molecule has 2 nitrogen and oxygen atoms in total. The molecule has 0 radical (unpaired) electrons. The first kappa shape index (κ1) is 12.1. The zero-order valence-corrected chi connectivity index (χ0v) is 11.3. The van der Waals surface area contributed by atoms with Crippen molar-refractivity contribution in [2.75, 3.05) is 13.7 Å². The predicted octanol–water partition coefficient (Wildman–Crippen LogP) is 2.64. The van der Waals surface area contributed by atoms with Crippen LogP contribution in [0.1, 0.15) is 6.92 Å². The Morgan fingerprint density at radius 3 is 2.27 bits per heavy atom. The van der Waals surface area contributed by atoms with Gasteiger partial charge in [0.25, 0.3) is 0 Å². The monoisotopic (exact) mass is 224 g/mol. The molecule has 0 saturated carbocycles. The van der Waals surface area contributed by atoms with Crippen LogP contribution >= 0.6 is 0 Å². The molecule has 0 bridgehead atoms. The first-order valence-corrected chi connectivity index (χ1v) is 8.80. The molecule has 0 saturated heterocycles. The highest BCUT2D eigenvalue weighted by Crippen LogP contribution is 2.26. The molecule has 0 atom stereocenters. The number of benzene rings is 1. The van der Waals surface area contributed by atoms with Gasteiger partial charge in [-0.1, -0.05) is 30.9 Å². The minimum Gasteiger partial charge on any atom is -0.493 e. The fourth-order valence-corrected chi connectivity index (χ4v) is 2.56. The van der Waals surface area contributed by atoms with E-state index >= 15 is 0 Å². The maximum absolute atomic E-state index is 5.56. The molecular formula is C12H20O2Si. The molecule has 0 aliphatic rings. The summed E-state index contributed by atoms with van der Waals surface area (Å²) in [7, 11) is 0.408. The van der Waals surface area contributed by atoms with Crippen molar-refractivity contribution in [3.05, 3.63) is 18.2 Å². The summed E-state index contributed by atoms with van der Waals surface area (Å²) in [4.78, 5) is 0. The molecule has 0 aromatic heterocycles. The van der Waals surface area contributed by atoms with Crippen LogP contribution in [0, 0.1) is 0 Å². The molecule has 0 aliphatic heterocycles. The van der Waals surface area contributed by atoms with Crippen LogP contribution in [0.25, 0.3) is 0 Å². The van der Waals surface area contributed by atoms with E-state index in [1.165, 1.54) is 5.19 Å². The third kappa shape index (κ3) is 2.99. The smallest absolute Gasteiger partial charge is 0.161 e. The number of methoxy groups -OCH3 is 1. The van der Waals surface area contributed by atoms with Crippen molar-refractivity contribution < 1.29 is 9.47 Å². The molecule has 3 heteroatoms. The normalized spacial score (nSPS) is 11.3. The minimum absolute atomic E-state index is 0.672. The Bertz CT molecular complexity index is 329. The Balaban J connectivity index is 3.10. The van der Waals surface area contributed by atoms with Gasteiger partial charge in [-0.25, -0.2) is 0 Å². The third-order valence-corrected chi connectivity index (χ3v) is 4.37. The van der Waals surface area contributed by atoms with Crippen molar-refractivity contribution in [1.29, 1.82) is 0 Å². The van der Waals surface area contributed by atoms with Crippen LogP contribution in [0.3, 0.4) is 0 Å². The van der Waals surface area contributed by atoms with Crippen LogP contribution in [0.15, 0.2) is 18.2 Å². The van der Waals surface area contributed by atoms with Gasteiger partial charge in [0.05, 0.1) is 21.8 Å². The summed E-state index contributed by atoms with van der Waals surface area (Å²) in [5.74, 6) is 1.68. The molecule has 15 heavy (non-hydrogen) atoms. The molecule has 1 aromatic carbocycles. The van der Waals surface area contributed by atoms with E-state index in [4.69, 9.17) is 9.47 Å². The lowest BCUT2D eigenvalue weighted by molar-refractivity contribution is 0.311. The number of hydrogen-bond acceptors (Lipinski definition) is 2. The molecule has 0 fully saturated rings. The first-order chi connectivity index (χ1) is 6.99. The zero-order valence-electron chi connectivity index (χ0n) is 10.3. The molecule has 0 heterocycles. The lowest BCUT2D eigenvalue weighted by Crippen LogP contribution is -2.37. The quantitative estimate of drug-likeness (QED) is 0.732. The SMILES string of the molecule is CCOc1cc([Si](C)(C)C)ccc1OC. The highest BCUT2D eigenvalue weighted by Gasteiger charge is 2.18. The molecule has 0 N–H and O–H groups in total. The van der Waals surface area contributed by atoms with Crippen molar-refractivity contribution in [2.24, 2.45) is 0 Å². The van der Waals surface area contributed by atoms with E-state index in [-0.39, 0.29) is 0 Å². The van der Waals surface area contributed by atoms with Crippen molar-refractivity contribution in [1.82, 2.24) is 0 Å². The van der Waals surface area contributed by atoms with Gasteiger partial charge in [-0.2, -0.15) is 0 Å². The van der Waals surface area contributed by atoms with Crippen LogP contribution in [0.4, 0.5) is 0 Å². The van der Waals surface area contributed by atoms with Crippen molar-refractivity contribution in [2.45, 2.75) is 26.6 Å². The van der Waals surface area contributed by atoms with Crippen LogP contribution < -0.4 is 14.7 Å². The van der Waals surface area contributed by atoms with Gasteiger partial charge in [0.1, 0.15) is 0 Å². The van der Waals surface area contributed by atoms with Crippen LogP contribution in [0.5, 0.6) is 11.5 Å². The zero-order chi connectivity index (χ0) is 11.5. The van der Waals surface area contributed by atoms with Crippen LogP contribution in [-0.4, -0.2) is 21.8 Å². The number of hydrogen-bond donors (Lipinski definition) is 0. The predicted molar refractivity (Wildman–Crippen MR) is 67.1 cm³/mol. The summed E-state index contributed by atoms with van der Waals surface area (Å²) < 4.78 is 10.8. The summed E-state index contributed by atoms with van der Waals surface area (Å²) in [5, 5.41) is 1.40. The topological polar surface area (TPSA) is 18.5 Å². The van der Waals surface area contributed by atoms with Gasteiger partial charge in [-0.05, 0) is 19.1 Å². The average Bonchev–Trinajstić information content (AvgIpc) is 2.17. The molecule has 0 unspecified atom stereocenters. The number of ether oxygens (including phenoxy) is 2. The molecule has 84 valence electrons. The summed E-state index contributed by atoms with van der Waals surface area (Å²) >= 11 is 0. The van der Waals surface area contributed by atoms with Crippen LogP contribution in [0.2, 0.25) is 19.6 Å². The van der Waals surface area contributed by atoms with Gasteiger partial charge in [0, 0.05) is 0 Å². The third-order valence-electron chi connectivity index (χ3n) is 2.33. The Kier molecular flexibility index (Phi) is 3.80. The fraction of sp³-hybridized carbons (Fsp3) is 0.500. The summed E-state index contributed by atoms with van der Waals surface area (Å²) in [6.45, 7) is 9.63. The van der Waals surface area contributed by atoms with Gasteiger partial charge in [-0.3, -0.25) is 0 Å². The van der Waals surface area contributed by atoms with E-state index in [1.54, 1.807) is 7.11 Å².